The Morgan fingerprint density at radius 1 is 0.800 bits per heavy atom. The van der Waals surface area contributed by atoms with Gasteiger partial charge in [0.1, 0.15) is 5.75 Å². The maximum absolute atomic E-state index is 5.82. The maximum Gasteiger partial charge on any atom is 0.123 e. The van der Waals surface area contributed by atoms with Crippen molar-refractivity contribution in [3.8, 4) is 5.75 Å². The fourth-order valence-electron chi connectivity index (χ4n) is 6.61. The van der Waals surface area contributed by atoms with E-state index in [-0.39, 0.29) is 0 Å². The molecule has 0 spiro atoms. The van der Waals surface area contributed by atoms with E-state index in [0.717, 1.165) is 12.3 Å². The van der Waals surface area contributed by atoms with Crippen LogP contribution < -0.4 is 10.1 Å². The lowest BCUT2D eigenvalue weighted by atomic mass is 9.70. The first kappa shape index (κ1) is 22.3. The van der Waals surface area contributed by atoms with Crippen LogP contribution >= 0.6 is 0 Å². The molecule has 4 aromatic rings. The quantitative estimate of drug-likeness (QED) is 0.352. The number of hydrogen-bond donors (Lipinski definition) is 1. The maximum atomic E-state index is 5.82. The molecule has 3 fully saturated rings. The Labute approximate surface area is 208 Å². The molecule has 3 nitrogen and oxygen atoms in total. The van der Waals surface area contributed by atoms with Gasteiger partial charge < -0.3 is 10.1 Å². The Morgan fingerprint density at radius 3 is 2.09 bits per heavy atom. The summed E-state index contributed by atoms with van der Waals surface area (Å²) in [5.41, 5.74) is 4.08. The van der Waals surface area contributed by atoms with Crippen LogP contribution in [0.3, 0.4) is 0 Å². The summed E-state index contributed by atoms with van der Waals surface area (Å²) in [5, 5.41) is 6.63. The van der Waals surface area contributed by atoms with Crippen molar-refractivity contribution in [2.24, 2.45) is 5.92 Å². The van der Waals surface area contributed by atoms with Gasteiger partial charge in [-0.25, -0.2) is 0 Å². The summed E-state index contributed by atoms with van der Waals surface area (Å²) in [6.07, 6.45) is 2.55. The first-order chi connectivity index (χ1) is 17.3. The second kappa shape index (κ2) is 9.85. The summed E-state index contributed by atoms with van der Waals surface area (Å²) in [6.45, 7) is 3.20. The summed E-state index contributed by atoms with van der Waals surface area (Å²) in [7, 11) is 1.78. The molecular formula is C32H34N2O. The van der Waals surface area contributed by atoms with Crippen molar-refractivity contribution < 1.29 is 4.74 Å². The smallest absolute Gasteiger partial charge is 0.123 e. The van der Waals surface area contributed by atoms with Gasteiger partial charge in [-0.15, -0.1) is 0 Å². The van der Waals surface area contributed by atoms with Gasteiger partial charge in [-0.1, -0.05) is 91.0 Å². The third-order valence-electron chi connectivity index (χ3n) is 8.26. The van der Waals surface area contributed by atoms with Crippen LogP contribution in [-0.2, 0) is 6.54 Å². The van der Waals surface area contributed by atoms with E-state index in [1.54, 1.807) is 7.11 Å². The zero-order valence-electron chi connectivity index (χ0n) is 20.4. The van der Waals surface area contributed by atoms with Crippen LogP contribution in [0, 0.1) is 5.92 Å². The topological polar surface area (TPSA) is 24.5 Å². The van der Waals surface area contributed by atoms with Crippen LogP contribution in [0.25, 0.3) is 10.8 Å². The summed E-state index contributed by atoms with van der Waals surface area (Å²) < 4.78 is 5.82. The van der Waals surface area contributed by atoms with E-state index in [4.69, 9.17) is 4.74 Å². The van der Waals surface area contributed by atoms with Gasteiger partial charge in [0.15, 0.2) is 0 Å². The number of fused-ring (bicyclic) bond motifs is 4. The van der Waals surface area contributed by atoms with Gasteiger partial charge in [-0.3, -0.25) is 4.90 Å². The van der Waals surface area contributed by atoms with Crippen molar-refractivity contribution in [2.45, 2.75) is 37.4 Å². The van der Waals surface area contributed by atoms with Crippen LogP contribution in [0.15, 0.2) is 97.1 Å². The summed E-state index contributed by atoms with van der Waals surface area (Å²) in [6, 6.07) is 36.0. The predicted octanol–water partition coefficient (Wildman–Crippen LogP) is 6.23. The Hall–Kier alpha value is -3.14. The molecule has 178 valence electrons. The summed E-state index contributed by atoms with van der Waals surface area (Å²) >= 11 is 0. The fraction of sp³-hybridized carbons (Fsp3) is 0.312. The molecule has 4 aromatic carbocycles. The van der Waals surface area contributed by atoms with Crippen molar-refractivity contribution in [3.05, 3.63) is 114 Å². The molecule has 3 saturated heterocycles. The first-order valence-electron chi connectivity index (χ1n) is 13.0. The lowest BCUT2D eigenvalue weighted by Crippen LogP contribution is -2.64. The SMILES string of the molecule is COc1ccc2ccccc2c1CN[C@@H]1C2CCN(CC2)[C@H]1C(c1ccccc1)c1ccccc1. The van der Waals surface area contributed by atoms with Gasteiger partial charge in [-0.05, 0) is 59.8 Å². The van der Waals surface area contributed by atoms with E-state index in [2.05, 4.69) is 107 Å². The van der Waals surface area contributed by atoms with Gasteiger partial charge >= 0.3 is 0 Å². The average molecular weight is 463 g/mol. The molecule has 1 N–H and O–H groups in total. The van der Waals surface area contributed by atoms with Crippen LogP contribution in [-0.4, -0.2) is 37.2 Å². The number of nitrogens with one attached hydrogen (secondary N) is 1. The van der Waals surface area contributed by atoms with Gasteiger partial charge in [0, 0.05) is 30.1 Å². The van der Waals surface area contributed by atoms with E-state index >= 15 is 0 Å². The highest BCUT2D eigenvalue weighted by Gasteiger charge is 2.46. The molecule has 3 aliphatic heterocycles. The minimum Gasteiger partial charge on any atom is -0.496 e. The number of hydrogen-bond acceptors (Lipinski definition) is 3. The standard InChI is InChI=1S/C32H34N2O/c1-35-29-17-16-23-10-8-9-15-27(23)28(29)22-33-31-26-18-20-34(21-19-26)32(31)30(24-11-4-2-5-12-24)25-13-6-3-7-14-25/h2-17,26,30-33H,18-22H2,1H3/t31-,32+/m1/s1. The molecule has 0 saturated carbocycles. The summed E-state index contributed by atoms with van der Waals surface area (Å²) in [5.74, 6) is 2.00. The Morgan fingerprint density at radius 2 is 1.43 bits per heavy atom. The molecule has 3 aliphatic rings. The highest BCUT2D eigenvalue weighted by Crippen LogP contribution is 2.42. The van der Waals surface area contributed by atoms with Gasteiger partial charge in [0.05, 0.1) is 7.11 Å². The number of ether oxygens (including phenoxy) is 1. The van der Waals surface area contributed by atoms with E-state index in [9.17, 15) is 0 Å². The minimum absolute atomic E-state index is 0.340. The van der Waals surface area contributed by atoms with Gasteiger partial charge in [0.2, 0.25) is 0 Å². The monoisotopic (exact) mass is 462 g/mol. The largest absolute Gasteiger partial charge is 0.496 e. The molecule has 0 radical (unpaired) electrons. The Kier molecular flexibility index (Phi) is 6.28. The number of methoxy groups -OCH3 is 1. The van der Waals surface area contributed by atoms with Gasteiger partial charge in [-0.2, -0.15) is 0 Å². The predicted molar refractivity (Wildman–Crippen MR) is 144 cm³/mol. The van der Waals surface area contributed by atoms with E-state index in [1.807, 2.05) is 0 Å². The third-order valence-corrected chi connectivity index (χ3v) is 8.26. The molecule has 3 heteroatoms. The average Bonchev–Trinajstić information content (AvgIpc) is 2.94. The Balaban J connectivity index is 1.38. The van der Waals surface area contributed by atoms with Gasteiger partial charge in [0.25, 0.3) is 0 Å². The number of nitrogens with zero attached hydrogens (tertiary/aromatic N) is 1. The number of benzene rings is 4. The normalized spacial score (nSPS) is 23.6. The van der Waals surface area contributed by atoms with Crippen LogP contribution in [0.1, 0.15) is 35.4 Å². The van der Waals surface area contributed by atoms with Crippen LogP contribution in [0.2, 0.25) is 0 Å². The Bertz CT molecular complexity index is 1230. The molecule has 3 heterocycles. The molecule has 2 bridgehead atoms. The van der Waals surface area contributed by atoms with E-state index in [0.29, 0.717) is 23.9 Å². The van der Waals surface area contributed by atoms with Crippen molar-refractivity contribution in [1.29, 1.82) is 0 Å². The van der Waals surface area contributed by atoms with Crippen molar-refractivity contribution in [2.75, 3.05) is 20.2 Å². The van der Waals surface area contributed by atoms with Crippen LogP contribution in [0.4, 0.5) is 0 Å². The van der Waals surface area contributed by atoms with E-state index in [1.165, 1.54) is 53.4 Å². The van der Waals surface area contributed by atoms with Crippen molar-refractivity contribution in [1.82, 2.24) is 10.2 Å². The second-order valence-corrected chi connectivity index (χ2v) is 10.0. The highest BCUT2D eigenvalue weighted by molar-refractivity contribution is 5.87. The van der Waals surface area contributed by atoms with E-state index < -0.39 is 0 Å². The molecule has 0 aromatic heterocycles. The lowest BCUT2D eigenvalue weighted by Gasteiger charge is -2.54. The zero-order valence-corrected chi connectivity index (χ0v) is 20.4. The third kappa shape index (κ3) is 4.24. The van der Waals surface area contributed by atoms with Crippen LogP contribution in [0.5, 0.6) is 5.75 Å². The molecule has 0 unspecified atom stereocenters. The van der Waals surface area contributed by atoms with Crippen molar-refractivity contribution >= 4 is 10.8 Å². The molecular weight excluding hydrogens is 428 g/mol. The minimum atomic E-state index is 0.340. The highest BCUT2D eigenvalue weighted by atomic mass is 16.5. The number of piperidine rings is 3. The molecule has 2 atom stereocenters. The zero-order chi connectivity index (χ0) is 23.6. The molecule has 0 aliphatic carbocycles. The lowest BCUT2D eigenvalue weighted by molar-refractivity contribution is 0.00466. The molecule has 7 rings (SSSR count). The fourth-order valence-corrected chi connectivity index (χ4v) is 6.61. The second-order valence-electron chi connectivity index (χ2n) is 10.0. The molecule has 35 heavy (non-hydrogen) atoms. The first-order valence-corrected chi connectivity index (χ1v) is 13.0. The van der Waals surface area contributed by atoms with Crippen molar-refractivity contribution in [3.63, 3.8) is 0 Å². The summed E-state index contributed by atoms with van der Waals surface area (Å²) in [4.78, 5) is 2.75. The molecule has 0 amide bonds. The number of rotatable bonds is 7.